The van der Waals surface area contributed by atoms with Gasteiger partial charge in [-0.25, -0.2) is 0 Å². The third kappa shape index (κ3) is 8.15. The minimum Gasteiger partial charge on any atom is -0.508 e. The van der Waals surface area contributed by atoms with Crippen molar-refractivity contribution in [2.45, 2.75) is 133 Å². The molecule has 19 heteroatoms. The van der Waals surface area contributed by atoms with Gasteiger partial charge >= 0.3 is 0 Å². The first-order chi connectivity index (χ1) is 27.3. The van der Waals surface area contributed by atoms with Crippen LogP contribution in [0.5, 0.6) is 23.0 Å². The molecule has 58 heavy (non-hydrogen) atoms. The van der Waals surface area contributed by atoms with E-state index in [2.05, 4.69) is 0 Å². The molecule has 4 heterocycles. The molecule has 0 bridgehead atoms. The molecular weight excluding hydrogens is 772 g/mol. The molecule has 3 aliphatic heterocycles. The standard InChI is InChI=1S/C39H50O19/c1-14(2)6-11-19-21(57-39(5)36(51)29(48)25(44)22(13-40)58-39)12-20(42)23-26(45)35(33(54-34(19)23)17-7-9-18(41)10-8-17)56-38-31(50)28(47)32(16(4)53-38)55-37-30(49)27(46)24(43)15(3)52-37/h6-10,12,15-16,22,24-25,27-32,36-38,40-44,46-51H,11,13H2,1-5H3. The van der Waals surface area contributed by atoms with Gasteiger partial charge in [-0.1, -0.05) is 11.6 Å². The molecule has 0 amide bonds. The number of phenolic OH excluding ortho intramolecular Hbond substituents is 2. The molecule has 1 aromatic heterocycles. The monoisotopic (exact) mass is 822 g/mol. The molecule has 15 atom stereocenters. The summed E-state index contributed by atoms with van der Waals surface area (Å²) in [5.41, 5.74) is -0.111. The van der Waals surface area contributed by atoms with E-state index >= 15 is 0 Å². The van der Waals surface area contributed by atoms with E-state index in [1.54, 1.807) is 19.9 Å². The molecule has 2 aromatic carbocycles. The van der Waals surface area contributed by atoms with Crippen LogP contribution in [0.1, 0.15) is 40.2 Å². The SMILES string of the molecule is CC(C)=CCc1c(OC2(C)OC(CO)C(O)C(O)C2O)cc(O)c2c(=O)c(OC3OC(C)C(OC4OC(C)C(O)C(O)C4O)C(O)C3O)c(-c3ccc(O)cc3)oc12. The Bertz CT molecular complexity index is 2010. The zero-order valence-corrected chi connectivity index (χ0v) is 32.1. The van der Waals surface area contributed by atoms with Gasteiger partial charge < -0.3 is 89.0 Å². The van der Waals surface area contributed by atoms with Gasteiger partial charge in [0.15, 0.2) is 12.1 Å². The maximum atomic E-state index is 14.6. The Labute approximate surface area is 331 Å². The van der Waals surface area contributed by atoms with Gasteiger partial charge in [0.25, 0.3) is 0 Å². The lowest BCUT2D eigenvalue weighted by molar-refractivity contribution is -0.345. The van der Waals surface area contributed by atoms with Crippen LogP contribution in [0.15, 0.2) is 51.2 Å². The van der Waals surface area contributed by atoms with Crippen molar-refractivity contribution in [2.24, 2.45) is 0 Å². The third-order valence-corrected chi connectivity index (χ3v) is 10.6. The van der Waals surface area contributed by atoms with Gasteiger partial charge in [0.2, 0.25) is 23.3 Å². The number of hydrogen-bond donors (Lipinski definition) is 11. The van der Waals surface area contributed by atoms with Crippen molar-refractivity contribution in [1.29, 1.82) is 0 Å². The van der Waals surface area contributed by atoms with Crippen molar-refractivity contribution in [2.75, 3.05) is 6.61 Å². The zero-order chi connectivity index (χ0) is 42.5. The fourth-order valence-corrected chi connectivity index (χ4v) is 7.15. The molecule has 0 spiro atoms. The van der Waals surface area contributed by atoms with Crippen LogP contribution >= 0.6 is 0 Å². The van der Waals surface area contributed by atoms with E-state index in [1.807, 2.05) is 0 Å². The van der Waals surface area contributed by atoms with Gasteiger partial charge in [-0.2, -0.15) is 0 Å². The number of ether oxygens (including phenoxy) is 6. The predicted molar refractivity (Wildman–Crippen MR) is 198 cm³/mol. The maximum Gasteiger partial charge on any atom is 0.239 e. The third-order valence-electron chi connectivity index (χ3n) is 10.6. The molecule has 3 fully saturated rings. The fourth-order valence-electron chi connectivity index (χ4n) is 7.15. The lowest BCUT2D eigenvalue weighted by atomic mass is 9.93. The number of aliphatic hydroxyl groups excluding tert-OH is 9. The van der Waals surface area contributed by atoms with Crippen LogP contribution in [0.25, 0.3) is 22.3 Å². The topological polar surface area (TPSA) is 308 Å². The first-order valence-electron chi connectivity index (χ1n) is 18.6. The molecule has 320 valence electrons. The average Bonchev–Trinajstić information content (AvgIpc) is 3.17. The van der Waals surface area contributed by atoms with E-state index in [0.717, 1.165) is 11.6 Å². The number of phenols is 2. The molecule has 0 aliphatic carbocycles. The zero-order valence-electron chi connectivity index (χ0n) is 32.1. The second-order valence-corrected chi connectivity index (χ2v) is 15.2. The maximum absolute atomic E-state index is 14.6. The van der Waals surface area contributed by atoms with E-state index in [4.69, 9.17) is 32.8 Å². The number of rotatable bonds is 10. The van der Waals surface area contributed by atoms with Crippen LogP contribution in [0, 0.1) is 0 Å². The molecule has 19 nitrogen and oxygen atoms in total. The van der Waals surface area contributed by atoms with Crippen molar-refractivity contribution in [3.63, 3.8) is 0 Å². The first-order valence-corrected chi connectivity index (χ1v) is 18.6. The van der Waals surface area contributed by atoms with E-state index in [0.29, 0.717) is 0 Å². The average molecular weight is 823 g/mol. The van der Waals surface area contributed by atoms with Crippen molar-refractivity contribution < 1.29 is 89.0 Å². The predicted octanol–water partition coefficient (Wildman–Crippen LogP) is -0.993. The van der Waals surface area contributed by atoms with Crippen LogP contribution < -0.4 is 14.9 Å². The van der Waals surface area contributed by atoms with Crippen molar-refractivity contribution in [1.82, 2.24) is 0 Å². The molecule has 3 aromatic rings. The van der Waals surface area contributed by atoms with Crippen LogP contribution in [0.4, 0.5) is 0 Å². The van der Waals surface area contributed by atoms with E-state index in [1.165, 1.54) is 45.0 Å². The van der Waals surface area contributed by atoms with Gasteiger partial charge in [-0.3, -0.25) is 4.79 Å². The van der Waals surface area contributed by atoms with E-state index < -0.39 is 121 Å². The minimum atomic E-state index is -2.12. The molecular formula is C39H50O19. The summed E-state index contributed by atoms with van der Waals surface area (Å²) in [6.07, 6.45) is -20.4. The van der Waals surface area contributed by atoms with Gasteiger partial charge in [-0.15, -0.1) is 0 Å². The minimum absolute atomic E-state index is 0.00287. The largest absolute Gasteiger partial charge is 0.508 e. The van der Waals surface area contributed by atoms with Crippen LogP contribution in [0.3, 0.4) is 0 Å². The summed E-state index contributed by atoms with van der Waals surface area (Å²) in [6.45, 7) is 6.96. The number of benzene rings is 2. The lowest BCUT2D eigenvalue weighted by Gasteiger charge is -2.46. The summed E-state index contributed by atoms with van der Waals surface area (Å²) in [5, 5.41) is 116. The van der Waals surface area contributed by atoms with Gasteiger partial charge in [0.05, 0.1) is 18.8 Å². The number of aromatic hydroxyl groups is 2. The van der Waals surface area contributed by atoms with E-state index in [9.17, 15) is 61.0 Å². The highest BCUT2D eigenvalue weighted by molar-refractivity contribution is 5.91. The summed E-state index contributed by atoms with van der Waals surface area (Å²) in [5.74, 6) is -4.05. The Morgan fingerprint density at radius 3 is 2.10 bits per heavy atom. The van der Waals surface area contributed by atoms with E-state index in [-0.39, 0.29) is 40.4 Å². The smallest absolute Gasteiger partial charge is 0.239 e. The molecule has 6 rings (SSSR count). The fraction of sp³-hybridized carbons (Fsp3) is 0.564. The Morgan fingerprint density at radius 2 is 1.47 bits per heavy atom. The normalized spacial score (nSPS) is 36.7. The van der Waals surface area contributed by atoms with Crippen molar-refractivity contribution in [3.8, 4) is 34.3 Å². The van der Waals surface area contributed by atoms with Gasteiger partial charge in [-0.05, 0) is 58.4 Å². The molecule has 3 aliphatic rings. The second-order valence-electron chi connectivity index (χ2n) is 15.2. The van der Waals surface area contributed by atoms with Crippen LogP contribution in [-0.2, 0) is 25.4 Å². The second kappa shape index (κ2) is 17.0. The highest BCUT2D eigenvalue weighted by Gasteiger charge is 2.53. The summed E-state index contributed by atoms with van der Waals surface area (Å²) < 4.78 is 41.3. The summed E-state index contributed by atoms with van der Waals surface area (Å²) in [7, 11) is 0. The Kier molecular flexibility index (Phi) is 12.8. The molecule has 15 unspecified atom stereocenters. The number of aliphatic hydroxyl groups is 9. The number of fused-ring (bicyclic) bond motifs is 1. The van der Waals surface area contributed by atoms with Crippen LogP contribution in [-0.4, -0.2) is 154 Å². The molecule has 0 radical (unpaired) electrons. The van der Waals surface area contributed by atoms with Gasteiger partial charge in [0, 0.05) is 24.1 Å². The lowest BCUT2D eigenvalue weighted by Crippen LogP contribution is -2.66. The highest BCUT2D eigenvalue weighted by atomic mass is 16.7. The Hall–Kier alpha value is -3.93. The van der Waals surface area contributed by atoms with Gasteiger partial charge in [0.1, 0.15) is 89.3 Å². The molecule has 3 saturated heterocycles. The quantitative estimate of drug-likeness (QED) is 0.109. The van der Waals surface area contributed by atoms with Crippen molar-refractivity contribution >= 4 is 11.0 Å². The van der Waals surface area contributed by atoms with Crippen molar-refractivity contribution in [3.05, 3.63) is 57.8 Å². The molecule has 0 saturated carbocycles. The summed E-state index contributed by atoms with van der Waals surface area (Å²) in [4.78, 5) is 14.6. The summed E-state index contributed by atoms with van der Waals surface area (Å²) >= 11 is 0. The Balaban J connectivity index is 1.43. The highest BCUT2D eigenvalue weighted by Crippen LogP contribution is 2.43. The summed E-state index contributed by atoms with van der Waals surface area (Å²) in [6, 6.07) is 6.41. The first kappa shape index (κ1) is 43.6. The number of allylic oxidation sites excluding steroid dienone is 2. The molecule has 11 N–H and O–H groups in total. The number of hydrogen-bond acceptors (Lipinski definition) is 19. The Morgan fingerprint density at radius 1 is 0.828 bits per heavy atom. The van der Waals surface area contributed by atoms with Crippen LogP contribution in [0.2, 0.25) is 0 Å².